The molecule has 0 saturated heterocycles. The van der Waals surface area contributed by atoms with Crippen molar-refractivity contribution in [1.29, 1.82) is 0 Å². The fourth-order valence-corrected chi connectivity index (χ4v) is 5.18. The highest BCUT2D eigenvalue weighted by Crippen LogP contribution is 2.28. The lowest BCUT2D eigenvalue weighted by Gasteiger charge is -2.28. The Kier molecular flexibility index (Phi) is 14.3. The average molecular weight is 541 g/mol. The number of carbonyl (C=O) groups excluding carboxylic acids is 1. The molecule has 0 unspecified atom stereocenters. The van der Waals surface area contributed by atoms with Gasteiger partial charge in [-0.1, -0.05) is 65.2 Å². The number of unbranched alkanes of at least 4 members (excludes halogenated alkanes) is 8. The van der Waals surface area contributed by atoms with Crippen LogP contribution in [0.1, 0.15) is 116 Å². The molecule has 6 heteroatoms. The summed E-state index contributed by atoms with van der Waals surface area (Å²) >= 11 is 0. The summed E-state index contributed by atoms with van der Waals surface area (Å²) in [4.78, 5) is 21.2. The van der Waals surface area contributed by atoms with Gasteiger partial charge in [0.2, 0.25) is 0 Å². The van der Waals surface area contributed by atoms with Gasteiger partial charge >= 0.3 is 5.97 Å². The molecule has 0 bridgehead atoms. The number of nitrogens with zero attached hydrogens (tertiary/aromatic N) is 2. The van der Waals surface area contributed by atoms with Gasteiger partial charge < -0.3 is 9.47 Å². The lowest BCUT2D eigenvalue weighted by molar-refractivity contribution is -0.157. The molecule has 5 nitrogen and oxygen atoms in total. The summed E-state index contributed by atoms with van der Waals surface area (Å²) < 4.78 is 25.5. The summed E-state index contributed by atoms with van der Waals surface area (Å²) in [5, 5.41) is 0. The molecule has 0 radical (unpaired) electrons. The van der Waals surface area contributed by atoms with E-state index in [1.165, 1.54) is 50.5 Å². The van der Waals surface area contributed by atoms with Gasteiger partial charge in [-0.25, -0.2) is 19.2 Å². The van der Waals surface area contributed by atoms with E-state index in [0.29, 0.717) is 12.5 Å². The van der Waals surface area contributed by atoms with Crippen LogP contribution < -0.4 is 4.74 Å². The molecule has 1 atom stereocenters. The number of ether oxygens (including phenoxy) is 2. The Morgan fingerprint density at radius 3 is 2.15 bits per heavy atom. The second kappa shape index (κ2) is 18.0. The molecular weight excluding hydrogens is 491 g/mol. The number of hydrogen-bond donors (Lipinski definition) is 0. The highest BCUT2D eigenvalue weighted by molar-refractivity contribution is 5.74. The number of benzene rings is 1. The summed E-state index contributed by atoms with van der Waals surface area (Å²) in [5.74, 6) is 1.30. The van der Waals surface area contributed by atoms with E-state index in [-0.39, 0.29) is 12.5 Å². The lowest BCUT2D eigenvalue weighted by atomic mass is 9.88. The number of halogens is 1. The van der Waals surface area contributed by atoms with Crippen LogP contribution in [0, 0.1) is 5.92 Å². The zero-order chi connectivity index (χ0) is 27.7. The van der Waals surface area contributed by atoms with Crippen molar-refractivity contribution in [3.8, 4) is 17.1 Å². The molecule has 0 spiro atoms. The molecule has 0 amide bonds. The molecule has 1 aromatic carbocycles. The minimum absolute atomic E-state index is 0.167. The third-order valence-corrected chi connectivity index (χ3v) is 7.77. The van der Waals surface area contributed by atoms with Crippen molar-refractivity contribution in [2.75, 3.05) is 6.61 Å². The molecule has 1 aromatic heterocycles. The Hall–Kier alpha value is -2.50. The zero-order valence-electron chi connectivity index (χ0n) is 24.2. The molecule has 1 aliphatic carbocycles. The number of rotatable bonds is 18. The fraction of sp³-hybridized carbons (Fsp3) is 0.667. The van der Waals surface area contributed by atoms with Crippen LogP contribution in [0.4, 0.5) is 4.39 Å². The Labute approximate surface area is 235 Å². The van der Waals surface area contributed by atoms with Crippen molar-refractivity contribution >= 4 is 5.97 Å². The van der Waals surface area contributed by atoms with E-state index in [0.717, 1.165) is 68.5 Å². The second-order valence-electron chi connectivity index (χ2n) is 11.2. The maximum absolute atomic E-state index is 14.0. The van der Waals surface area contributed by atoms with Gasteiger partial charge in [0, 0.05) is 18.0 Å². The van der Waals surface area contributed by atoms with Gasteiger partial charge in [0.15, 0.2) is 12.0 Å². The molecule has 3 rings (SSSR count). The second-order valence-corrected chi connectivity index (χ2v) is 11.2. The van der Waals surface area contributed by atoms with Crippen molar-refractivity contribution in [1.82, 2.24) is 9.97 Å². The van der Waals surface area contributed by atoms with Gasteiger partial charge in [-0.3, -0.25) is 0 Å². The number of esters is 1. The van der Waals surface area contributed by atoms with Crippen molar-refractivity contribution < 1.29 is 18.7 Å². The van der Waals surface area contributed by atoms with Gasteiger partial charge in [0.1, 0.15) is 11.9 Å². The number of hydrogen-bond acceptors (Lipinski definition) is 5. The number of aryl methyl sites for hydroxylation is 1. The first-order valence-electron chi connectivity index (χ1n) is 15.5. The number of alkyl halides is 1. The van der Waals surface area contributed by atoms with E-state index in [9.17, 15) is 9.18 Å². The van der Waals surface area contributed by atoms with Crippen molar-refractivity contribution in [2.24, 2.45) is 5.92 Å². The standard InChI is InChI=1S/C33H49FN2O3/c1-3-5-7-8-9-10-12-13-27-23-35-32(36-24-27)28-17-21-29(22-18-28)38-25-26-15-19-30(20-16-26)39-33(37)31(34)14-11-6-4-2/h17-18,21-24,26,30-31H,3-16,19-20,25H2,1-2H3/t26-,30-,31-/m0/s1. The topological polar surface area (TPSA) is 61.3 Å². The Morgan fingerprint density at radius 2 is 1.49 bits per heavy atom. The molecule has 0 aliphatic heterocycles. The zero-order valence-corrected chi connectivity index (χ0v) is 24.2. The highest BCUT2D eigenvalue weighted by atomic mass is 19.1. The van der Waals surface area contributed by atoms with Gasteiger partial charge in [-0.05, 0) is 87.1 Å². The maximum Gasteiger partial charge on any atom is 0.340 e. The van der Waals surface area contributed by atoms with E-state index in [2.05, 4.69) is 23.8 Å². The first kappa shape index (κ1) is 31.0. The quantitative estimate of drug-likeness (QED) is 0.140. The third-order valence-electron chi connectivity index (χ3n) is 7.77. The van der Waals surface area contributed by atoms with Gasteiger partial charge in [0.05, 0.1) is 6.61 Å². The molecular formula is C33H49FN2O3. The van der Waals surface area contributed by atoms with Crippen molar-refractivity contribution in [3.63, 3.8) is 0 Å². The minimum atomic E-state index is -1.49. The summed E-state index contributed by atoms with van der Waals surface area (Å²) in [6.45, 7) is 4.95. The molecule has 216 valence electrons. The van der Waals surface area contributed by atoms with Gasteiger partial charge in [-0.15, -0.1) is 0 Å². The van der Waals surface area contributed by atoms with E-state index in [1.807, 2.05) is 36.7 Å². The first-order valence-corrected chi connectivity index (χ1v) is 15.5. The van der Waals surface area contributed by atoms with E-state index < -0.39 is 12.1 Å². The molecule has 2 aromatic rings. The first-order chi connectivity index (χ1) is 19.1. The molecule has 1 aliphatic rings. The van der Waals surface area contributed by atoms with Crippen LogP contribution in [-0.2, 0) is 16.0 Å². The average Bonchev–Trinajstić information content (AvgIpc) is 2.97. The summed E-state index contributed by atoms with van der Waals surface area (Å²) in [5.41, 5.74) is 2.18. The van der Waals surface area contributed by atoms with Gasteiger partial charge in [0.25, 0.3) is 0 Å². The SMILES string of the molecule is CCCCCCCCCc1cnc(-c2ccc(OC[C@H]3CC[C@H](OC(=O)[C@@H](F)CCCCC)CC3)cc2)nc1. The maximum atomic E-state index is 14.0. The highest BCUT2D eigenvalue weighted by Gasteiger charge is 2.27. The monoisotopic (exact) mass is 540 g/mol. The van der Waals surface area contributed by atoms with Gasteiger partial charge in [-0.2, -0.15) is 0 Å². The van der Waals surface area contributed by atoms with Crippen LogP contribution in [0.2, 0.25) is 0 Å². The largest absolute Gasteiger partial charge is 0.493 e. The number of aromatic nitrogens is 2. The summed E-state index contributed by atoms with van der Waals surface area (Å²) in [7, 11) is 0. The lowest BCUT2D eigenvalue weighted by Crippen LogP contribution is -2.30. The summed E-state index contributed by atoms with van der Waals surface area (Å²) in [6.07, 6.45) is 18.8. The van der Waals surface area contributed by atoms with Crippen LogP contribution in [0.25, 0.3) is 11.4 Å². The third kappa shape index (κ3) is 11.6. The molecule has 39 heavy (non-hydrogen) atoms. The minimum Gasteiger partial charge on any atom is -0.493 e. The van der Waals surface area contributed by atoms with Crippen molar-refractivity contribution in [3.05, 3.63) is 42.2 Å². The normalized spacial score (nSPS) is 18.0. The van der Waals surface area contributed by atoms with Crippen LogP contribution in [0.15, 0.2) is 36.7 Å². The molecule has 1 saturated carbocycles. The molecule has 0 N–H and O–H groups in total. The summed E-state index contributed by atoms with van der Waals surface area (Å²) in [6, 6.07) is 7.95. The molecule has 1 heterocycles. The Balaban J connectivity index is 1.32. The van der Waals surface area contributed by atoms with Crippen LogP contribution in [-0.4, -0.2) is 34.8 Å². The van der Waals surface area contributed by atoms with Crippen LogP contribution in [0.5, 0.6) is 5.75 Å². The fourth-order valence-electron chi connectivity index (χ4n) is 5.18. The molecule has 1 fully saturated rings. The Bertz CT molecular complexity index is 927. The predicted molar refractivity (Wildman–Crippen MR) is 156 cm³/mol. The Morgan fingerprint density at radius 1 is 0.872 bits per heavy atom. The van der Waals surface area contributed by atoms with Crippen LogP contribution in [0.3, 0.4) is 0 Å². The van der Waals surface area contributed by atoms with E-state index >= 15 is 0 Å². The van der Waals surface area contributed by atoms with Crippen LogP contribution >= 0.6 is 0 Å². The van der Waals surface area contributed by atoms with E-state index in [4.69, 9.17) is 9.47 Å². The van der Waals surface area contributed by atoms with E-state index in [1.54, 1.807) is 0 Å². The smallest absolute Gasteiger partial charge is 0.340 e. The number of carbonyl (C=O) groups is 1. The van der Waals surface area contributed by atoms with Crippen molar-refractivity contribution in [2.45, 2.75) is 129 Å². The predicted octanol–water partition coefficient (Wildman–Crippen LogP) is 8.84.